The lowest BCUT2D eigenvalue weighted by Crippen LogP contribution is -2.55. The van der Waals surface area contributed by atoms with E-state index in [2.05, 4.69) is 76.7 Å². The van der Waals surface area contributed by atoms with Gasteiger partial charge in [0.05, 0.1) is 56.3 Å². The first-order chi connectivity index (χ1) is 22.9. The Morgan fingerprint density at radius 3 is 2.64 bits per heavy atom. The van der Waals surface area contributed by atoms with Gasteiger partial charge in [-0.15, -0.1) is 0 Å². The molecule has 47 heavy (non-hydrogen) atoms. The monoisotopic (exact) mass is 637 g/mol. The number of pyridine rings is 1. The second kappa shape index (κ2) is 14.4. The van der Waals surface area contributed by atoms with Crippen LogP contribution in [0, 0.1) is 29.6 Å². The third kappa shape index (κ3) is 6.73. The van der Waals surface area contributed by atoms with E-state index in [0.717, 1.165) is 68.4 Å². The maximum atomic E-state index is 13.9. The standard InChI is InChI=1S/C36H40FN7O3/c1-25-6-3-7-27-8-4-9-32(33(25)27)42-14-11-29-31(24-42)40-35(47-19-5-13-41-17-20-46-21-18-41)30(22-39)34(29)43-15-16-44(36(45)26(2)37)28(23-43)10-12-38/h3-4,6-9,28H,2,5,10-11,13-21,23-24H2,1H3. The molecule has 0 saturated carbocycles. The predicted molar refractivity (Wildman–Crippen MR) is 178 cm³/mol. The molecule has 0 spiro atoms. The Kier molecular flexibility index (Phi) is 9.86. The zero-order valence-electron chi connectivity index (χ0n) is 26.9. The van der Waals surface area contributed by atoms with Gasteiger partial charge < -0.3 is 24.2 Å². The summed E-state index contributed by atoms with van der Waals surface area (Å²) >= 11 is 0. The van der Waals surface area contributed by atoms with E-state index in [-0.39, 0.29) is 19.5 Å². The smallest absolute Gasteiger partial charge is 0.282 e. The van der Waals surface area contributed by atoms with Gasteiger partial charge in [0.1, 0.15) is 11.6 Å². The number of aromatic nitrogens is 1. The lowest BCUT2D eigenvalue weighted by atomic mass is 9.95. The summed E-state index contributed by atoms with van der Waals surface area (Å²) < 4.78 is 25.7. The van der Waals surface area contributed by atoms with Crippen LogP contribution in [0.25, 0.3) is 10.8 Å². The van der Waals surface area contributed by atoms with Crippen molar-refractivity contribution < 1.29 is 18.7 Å². The number of aryl methyl sites for hydroxylation is 1. The number of halogens is 1. The van der Waals surface area contributed by atoms with Crippen LogP contribution in [0.5, 0.6) is 5.88 Å². The van der Waals surface area contributed by atoms with Gasteiger partial charge in [0.15, 0.2) is 5.83 Å². The molecule has 244 valence electrons. The largest absolute Gasteiger partial charge is 0.477 e. The number of benzene rings is 2. The van der Waals surface area contributed by atoms with E-state index in [1.165, 1.54) is 21.2 Å². The summed E-state index contributed by atoms with van der Waals surface area (Å²) in [5.41, 5.74) is 5.25. The zero-order chi connectivity index (χ0) is 32.9. The normalized spacial score (nSPS) is 18.4. The number of carbonyl (C=O) groups is 1. The van der Waals surface area contributed by atoms with Crippen molar-refractivity contribution in [1.82, 2.24) is 14.8 Å². The maximum Gasteiger partial charge on any atom is 0.282 e. The van der Waals surface area contributed by atoms with Crippen molar-refractivity contribution in [2.75, 3.05) is 75.4 Å². The van der Waals surface area contributed by atoms with Crippen LogP contribution in [0.1, 0.15) is 35.2 Å². The molecule has 10 nitrogen and oxygen atoms in total. The Bertz CT molecular complexity index is 1740. The number of hydrogen-bond donors (Lipinski definition) is 0. The summed E-state index contributed by atoms with van der Waals surface area (Å²) in [6, 6.07) is 16.7. The maximum absolute atomic E-state index is 13.9. The van der Waals surface area contributed by atoms with E-state index >= 15 is 0 Å². The van der Waals surface area contributed by atoms with Gasteiger partial charge in [0.25, 0.3) is 5.91 Å². The van der Waals surface area contributed by atoms with E-state index in [1.807, 2.05) is 0 Å². The fraction of sp³-hybridized carbons (Fsp3) is 0.444. The number of amides is 1. The van der Waals surface area contributed by atoms with Gasteiger partial charge in [-0.2, -0.15) is 10.5 Å². The fourth-order valence-corrected chi connectivity index (χ4v) is 7.11. The summed E-state index contributed by atoms with van der Waals surface area (Å²) in [5.74, 6) is -1.55. The average molecular weight is 638 g/mol. The Morgan fingerprint density at radius 1 is 1.11 bits per heavy atom. The molecule has 11 heteroatoms. The van der Waals surface area contributed by atoms with Crippen LogP contribution in [0.3, 0.4) is 0 Å². The predicted octanol–water partition coefficient (Wildman–Crippen LogP) is 4.49. The minimum atomic E-state index is -1.04. The molecule has 0 aliphatic carbocycles. The minimum Gasteiger partial charge on any atom is -0.477 e. The highest BCUT2D eigenvalue weighted by Crippen LogP contribution is 2.40. The molecular formula is C36H40FN7O3. The van der Waals surface area contributed by atoms with Crippen molar-refractivity contribution in [1.29, 1.82) is 10.5 Å². The molecule has 1 amide bonds. The SMILES string of the molecule is C=C(F)C(=O)N1CCN(c2c(C#N)c(OCCCN3CCOCC3)nc3c2CCN(c2cccc4cccc(C)c24)C3)CC1CC#N. The van der Waals surface area contributed by atoms with Gasteiger partial charge in [-0.1, -0.05) is 36.9 Å². The molecule has 3 aromatic rings. The molecule has 4 heterocycles. The van der Waals surface area contributed by atoms with Crippen molar-refractivity contribution in [2.24, 2.45) is 0 Å². The Morgan fingerprint density at radius 2 is 1.89 bits per heavy atom. The van der Waals surface area contributed by atoms with Crippen LogP contribution in [0.2, 0.25) is 0 Å². The Labute approximate surface area is 275 Å². The molecular weight excluding hydrogens is 597 g/mol. The molecule has 1 aromatic heterocycles. The number of hydrogen-bond acceptors (Lipinski definition) is 9. The molecule has 0 radical (unpaired) electrons. The molecule has 6 rings (SSSR count). The van der Waals surface area contributed by atoms with Crippen LogP contribution in [-0.2, 0) is 22.5 Å². The van der Waals surface area contributed by atoms with E-state index in [9.17, 15) is 19.7 Å². The van der Waals surface area contributed by atoms with Gasteiger partial charge in [-0.25, -0.2) is 9.37 Å². The van der Waals surface area contributed by atoms with Crippen molar-refractivity contribution in [2.45, 2.75) is 38.8 Å². The second-order valence-corrected chi connectivity index (χ2v) is 12.3. The number of piperazine rings is 1. The van der Waals surface area contributed by atoms with Crippen molar-refractivity contribution in [3.63, 3.8) is 0 Å². The van der Waals surface area contributed by atoms with E-state index < -0.39 is 17.8 Å². The van der Waals surface area contributed by atoms with E-state index in [0.29, 0.717) is 37.6 Å². The molecule has 2 saturated heterocycles. The van der Waals surface area contributed by atoms with Gasteiger partial charge in [0, 0.05) is 62.5 Å². The Balaban J connectivity index is 1.34. The topological polar surface area (TPSA) is 109 Å². The van der Waals surface area contributed by atoms with Gasteiger partial charge in [-0.05, 0) is 36.8 Å². The number of rotatable bonds is 9. The summed E-state index contributed by atoms with van der Waals surface area (Å²) in [7, 11) is 0. The quantitative estimate of drug-likeness (QED) is 0.248. The first-order valence-corrected chi connectivity index (χ1v) is 16.3. The lowest BCUT2D eigenvalue weighted by Gasteiger charge is -2.43. The molecule has 3 aliphatic heterocycles. The number of anilines is 2. The number of ether oxygens (including phenoxy) is 2. The molecule has 2 fully saturated rings. The zero-order valence-corrected chi connectivity index (χ0v) is 26.9. The molecule has 1 atom stereocenters. The highest BCUT2D eigenvalue weighted by Gasteiger charge is 2.36. The molecule has 0 bridgehead atoms. The van der Waals surface area contributed by atoms with Gasteiger partial charge in [0.2, 0.25) is 5.88 Å². The molecule has 0 N–H and O–H groups in total. The molecule has 1 unspecified atom stereocenters. The summed E-state index contributed by atoms with van der Waals surface area (Å²) in [5, 5.41) is 22.5. The summed E-state index contributed by atoms with van der Waals surface area (Å²) in [4.78, 5) is 25.7. The van der Waals surface area contributed by atoms with Crippen LogP contribution < -0.4 is 14.5 Å². The lowest BCUT2D eigenvalue weighted by molar-refractivity contribution is -0.131. The molecule has 3 aliphatic rings. The third-order valence-corrected chi connectivity index (χ3v) is 9.42. The second-order valence-electron chi connectivity index (χ2n) is 12.3. The number of nitrogens with zero attached hydrogens (tertiary/aromatic N) is 7. The first kappa shape index (κ1) is 32.2. The van der Waals surface area contributed by atoms with Crippen LogP contribution in [0.15, 0.2) is 48.8 Å². The summed E-state index contributed by atoms with van der Waals surface area (Å²) in [6.07, 6.45) is 1.46. The van der Waals surface area contributed by atoms with E-state index in [4.69, 9.17) is 14.5 Å². The summed E-state index contributed by atoms with van der Waals surface area (Å²) in [6.45, 7) is 11.9. The number of nitriles is 2. The van der Waals surface area contributed by atoms with Crippen molar-refractivity contribution >= 4 is 28.1 Å². The van der Waals surface area contributed by atoms with Crippen LogP contribution in [-0.4, -0.2) is 92.4 Å². The fourth-order valence-electron chi connectivity index (χ4n) is 7.11. The highest BCUT2D eigenvalue weighted by atomic mass is 19.1. The van der Waals surface area contributed by atoms with Gasteiger partial charge in [-0.3, -0.25) is 9.69 Å². The first-order valence-electron chi connectivity index (χ1n) is 16.3. The van der Waals surface area contributed by atoms with Crippen LogP contribution in [0.4, 0.5) is 15.8 Å². The number of carbonyl (C=O) groups excluding carboxylic acids is 1. The van der Waals surface area contributed by atoms with Crippen molar-refractivity contribution in [3.8, 4) is 18.0 Å². The Hall–Kier alpha value is -4.71. The third-order valence-electron chi connectivity index (χ3n) is 9.42. The number of morpholine rings is 1. The van der Waals surface area contributed by atoms with E-state index in [1.54, 1.807) is 0 Å². The molecule has 2 aromatic carbocycles. The van der Waals surface area contributed by atoms with Crippen molar-refractivity contribution in [3.05, 3.63) is 71.2 Å². The minimum absolute atomic E-state index is 0.0315. The van der Waals surface area contributed by atoms with Crippen LogP contribution >= 0.6 is 0 Å². The highest BCUT2D eigenvalue weighted by molar-refractivity contribution is 5.97. The number of fused-ring (bicyclic) bond motifs is 2. The average Bonchev–Trinajstić information content (AvgIpc) is 3.09. The van der Waals surface area contributed by atoms with Gasteiger partial charge >= 0.3 is 0 Å².